The van der Waals surface area contributed by atoms with Gasteiger partial charge in [0.2, 0.25) is 0 Å². The van der Waals surface area contributed by atoms with Crippen molar-refractivity contribution in [1.29, 1.82) is 0 Å². The zero-order valence-electron chi connectivity index (χ0n) is 14.7. The van der Waals surface area contributed by atoms with Crippen LogP contribution in [0.1, 0.15) is 5.56 Å². The number of ether oxygens (including phenoxy) is 1. The number of anilines is 1. The molecule has 3 rings (SSSR count). The first kappa shape index (κ1) is 19.8. The highest BCUT2D eigenvalue weighted by Gasteiger charge is 2.30. The average molecular weight is 407 g/mol. The minimum atomic E-state index is -4.75. The van der Waals surface area contributed by atoms with Crippen LogP contribution in [0, 0.1) is 6.92 Å². The predicted octanol–water partition coefficient (Wildman–Crippen LogP) is 5.36. The van der Waals surface area contributed by atoms with Crippen molar-refractivity contribution < 1.29 is 26.3 Å². The fourth-order valence-electron chi connectivity index (χ4n) is 2.54. The van der Waals surface area contributed by atoms with E-state index in [1.54, 1.807) is 36.4 Å². The van der Waals surface area contributed by atoms with Crippen molar-refractivity contribution >= 4 is 15.7 Å². The summed E-state index contributed by atoms with van der Waals surface area (Å²) in [6, 6.07) is 18.3. The summed E-state index contributed by atoms with van der Waals surface area (Å²) in [6.45, 7) is 1.86. The molecule has 0 heterocycles. The van der Waals surface area contributed by atoms with Crippen LogP contribution >= 0.6 is 0 Å². The normalized spacial score (nSPS) is 11.9. The molecule has 0 atom stereocenters. The third-order valence-corrected chi connectivity index (χ3v) is 5.26. The van der Waals surface area contributed by atoms with Gasteiger partial charge in [-0.2, -0.15) is 0 Å². The van der Waals surface area contributed by atoms with Gasteiger partial charge in [0.25, 0.3) is 10.0 Å². The molecule has 0 saturated carbocycles. The lowest BCUT2D eigenvalue weighted by Crippen LogP contribution is -2.16. The number of benzene rings is 3. The fourth-order valence-corrected chi connectivity index (χ4v) is 3.59. The van der Waals surface area contributed by atoms with E-state index >= 15 is 0 Å². The molecule has 0 aliphatic carbocycles. The minimum absolute atomic E-state index is 0.136. The Morgan fingerprint density at radius 3 is 2.11 bits per heavy atom. The van der Waals surface area contributed by atoms with Gasteiger partial charge in [0.1, 0.15) is 5.75 Å². The number of hydrogen-bond acceptors (Lipinski definition) is 3. The van der Waals surface area contributed by atoms with Gasteiger partial charge in [0, 0.05) is 5.69 Å². The first-order chi connectivity index (χ1) is 13.1. The molecule has 0 amide bonds. The highest BCUT2D eigenvalue weighted by atomic mass is 32.2. The van der Waals surface area contributed by atoms with Crippen LogP contribution < -0.4 is 9.46 Å². The molecular formula is C20H16F3NO3S. The fraction of sp³-hybridized carbons (Fsp3) is 0.100. The van der Waals surface area contributed by atoms with E-state index in [2.05, 4.69) is 9.46 Å². The van der Waals surface area contributed by atoms with E-state index in [4.69, 9.17) is 0 Å². The average Bonchev–Trinajstić information content (AvgIpc) is 2.61. The second-order valence-corrected chi connectivity index (χ2v) is 7.75. The number of sulfonamides is 1. The van der Waals surface area contributed by atoms with Gasteiger partial charge >= 0.3 is 6.36 Å². The van der Waals surface area contributed by atoms with E-state index < -0.39 is 16.4 Å². The molecule has 0 aromatic heterocycles. The Hall–Kier alpha value is -3.00. The number of halogens is 3. The molecule has 0 bridgehead atoms. The second-order valence-electron chi connectivity index (χ2n) is 6.07. The molecule has 0 spiro atoms. The molecule has 3 aromatic rings. The lowest BCUT2D eigenvalue weighted by Gasteiger charge is -2.11. The number of alkyl halides is 3. The summed E-state index contributed by atoms with van der Waals surface area (Å²) < 4.78 is 68.1. The molecule has 1 N–H and O–H groups in total. The van der Waals surface area contributed by atoms with Gasteiger partial charge in [-0.3, -0.25) is 4.72 Å². The van der Waals surface area contributed by atoms with Crippen molar-refractivity contribution in [2.45, 2.75) is 18.2 Å². The quantitative estimate of drug-likeness (QED) is 0.619. The number of hydrogen-bond donors (Lipinski definition) is 1. The summed E-state index contributed by atoms with van der Waals surface area (Å²) in [4.78, 5) is 0.136. The summed E-state index contributed by atoms with van der Waals surface area (Å²) >= 11 is 0. The lowest BCUT2D eigenvalue weighted by molar-refractivity contribution is -0.274. The summed E-state index contributed by atoms with van der Waals surface area (Å²) in [5.41, 5.74) is 2.54. The van der Waals surface area contributed by atoms with Gasteiger partial charge in [-0.25, -0.2) is 8.42 Å². The highest BCUT2D eigenvalue weighted by molar-refractivity contribution is 7.92. The van der Waals surface area contributed by atoms with E-state index in [1.807, 2.05) is 6.92 Å². The molecule has 0 fully saturated rings. The van der Waals surface area contributed by atoms with Crippen molar-refractivity contribution in [3.05, 3.63) is 78.4 Å². The van der Waals surface area contributed by atoms with Crippen molar-refractivity contribution in [3.8, 4) is 16.9 Å². The summed E-state index contributed by atoms with van der Waals surface area (Å²) in [7, 11) is -3.75. The zero-order chi connectivity index (χ0) is 20.4. The zero-order valence-corrected chi connectivity index (χ0v) is 15.5. The smallest absolute Gasteiger partial charge is 0.406 e. The Balaban J connectivity index is 1.81. The van der Waals surface area contributed by atoms with Crippen LogP contribution in [-0.4, -0.2) is 14.8 Å². The van der Waals surface area contributed by atoms with Crippen molar-refractivity contribution in [1.82, 2.24) is 0 Å². The Labute approximate surface area is 160 Å². The number of aryl methyl sites for hydroxylation is 1. The van der Waals surface area contributed by atoms with Gasteiger partial charge < -0.3 is 4.74 Å². The Morgan fingerprint density at radius 2 is 1.50 bits per heavy atom. The topological polar surface area (TPSA) is 55.4 Å². The van der Waals surface area contributed by atoms with Gasteiger partial charge in [-0.05, 0) is 54.4 Å². The van der Waals surface area contributed by atoms with Gasteiger partial charge in [0.15, 0.2) is 0 Å². The molecule has 0 unspecified atom stereocenters. The van der Waals surface area contributed by atoms with Crippen molar-refractivity contribution in [2.24, 2.45) is 0 Å². The van der Waals surface area contributed by atoms with Crippen LogP contribution in [0.4, 0.5) is 18.9 Å². The maximum Gasteiger partial charge on any atom is 0.573 e. The molecule has 3 aromatic carbocycles. The molecule has 8 heteroatoms. The second kappa shape index (κ2) is 7.55. The summed E-state index contributed by atoms with van der Waals surface area (Å²) in [5, 5.41) is 0. The Morgan fingerprint density at radius 1 is 0.857 bits per heavy atom. The molecular weight excluding hydrogens is 391 g/mol. The van der Waals surface area contributed by atoms with E-state index in [1.165, 1.54) is 36.4 Å². The van der Waals surface area contributed by atoms with E-state index in [0.29, 0.717) is 16.8 Å². The first-order valence-electron chi connectivity index (χ1n) is 8.18. The summed E-state index contributed by atoms with van der Waals surface area (Å²) in [6.07, 6.45) is -4.75. The SMILES string of the molecule is Cc1ccc(S(=O)(=O)Nc2cccc(-c3ccc(OC(F)(F)F)cc3)c2)cc1. The minimum Gasteiger partial charge on any atom is -0.406 e. The molecule has 28 heavy (non-hydrogen) atoms. The predicted molar refractivity (Wildman–Crippen MR) is 101 cm³/mol. The molecule has 0 radical (unpaired) electrons. The summed E-state index contributed by atoms with van der Waals surface area (Å²) in [5.74, 6) is -0.326. The molecule has 0 aliphatic heterocycles. The van der Waals surface area contributed by atoms with Crippen molar-refractivity contribution in [2.75, 3.05) is 4.72 Å². The Kier molecular flexibility index (Phi) is 5.33. The number of rotatable bonds is 5. The molecule has 0 saturated heterocycles. The standard InChI is InChI=1S/C20H16F3NO3S/c1-14-5-11-19(12-6-14)28(25,26)24-17-4-2-3-16(13-17)15-7-9-18(10-8-15)27-20(21,22)23/h2-13,24H,1H3. The van der Waals surface area contributed by atoms with Gasteiger partial charge in [-0.1, -0.05) is 42.0 Å². The van der Waals surface area contributed by atoms with Crippen LogP contribution in [0.25, 0.3) is 11.1 Å². The van der Waals surface area contributed by atoms with Crippen LogP contribution in [0.15, 0.2) is 77.7 Å². The third-order valence-electron chi connectivity index (χ3n) is 3.87. The maximum atomic E-state index is 12.5. The van der Waals surface area contributed by atoms with E-state index in [-0.39, 0.29) is 10.6 Å². The monoisotopic (exact) mass is 407 g/mol. The van der Waals surface area contributed by atoms with Crippen LogP contribution in [0.2, 0.25) is 0 Å². The Bertz CT molecular complexity index is 1060. The van der Waals surface area contributed by atoms with Crippen LogP contribution in [0.5, 0.6) is 5.75 Å². The molecule has 4 nitrogen and oxygen atoms in total. The van der Waals surface area contributed by atoms with Crippen LogP contribution in [-0.2, 0) is 10.0 Å². The van der Waals surface area contributed by atoms with Crippen LogP contribution in [0.3, 0.4) is 0 Å². The van der Waals surface area contributed by atoms with E-state index in [9.17, 15) is 21.6 Å². The van der Waals surface area contributed by atoms with Gasteiger partial charge in [-0.15, -0.1) is 13.2 Å². The largest absolute Gasteiger partial charge is 0.573 e. The first-order valence-corrected chi connectivity index (χ1v) is 9.66. The van der Waals surface area contributed by atoms with Gasteiger partial charge in [0.05, 0.1) is 4.90 Å². The number of nitrogens with one attached hydrogen (secondary N) is 1. The third kappa shape index (κ3) is 5.04. The maximum absolute atomic E-state index is 12.5. The molecule has 0 aliphatic rings. The highest BCUT2D eigenvalue weighted by Crippen LogP contribution is 2.28. The lowest BCUT2D eigenvalue weighted by atomic mass is 10.1. The molecule has 146 valence electrons. The van der Waals surface area contributed by atoms with E-state index in [0.717, 1.165) is 5.56 Å². The van der Waals surface area contributed by atoms with Crippen molar-refractivity contribution in [3.63, 3.8) is 0 Å².